The molecule has 1 N–H and O–H groups in total. The standard InChI is InChI=1S/C14H18ClNS2/c1-3-7-16-12(14-11(15)6-9-18-14)13-10(4-2)5-8-17-13/h5-6,8-9,12,16H,3-4,7H2,1-2H3. The van der Waals surface area contributed by atoms with Gasteiger partial charge in [-0.2, -0.15) is 0 Å². The van der Waals surface area contributed by atoms with Crippen LogP contribution in [0.5, 0.6) is 0 Å². The van der Waals surface area contributed by atoms with Crippen LogP contribution in [0, 0.1) is 0 Å². The zero-order valence-corrected chi connectivity index (χ0v) is 13.1. The minimum atomic E-state index is 0.257. The first-order chi connectivity index (χ1) is 8.77. The second-order valence-electron chi connectivity index (χ2n) is 4.18. The molecule has 1 nitrogen and oxygen atoms in total. The summed E-state index contributed by atoms with van der Waals surface area (Å²) >= 11 is 9.86. The Balaban J connectivity index is 2.34. The second-order valence-corrected chi connectivity index (χ2v) is 6.49. The van der Waals surface area contributed by atoms with E-state index in [2.05, 4.69) is 36.0 Å². The molecule has 1 atom stereocenters. The zero-order chi connectivity index (χ0) is 13.0. The van der Waals surface area contributed by atoms with E-state index in [1.807, 2.05) is 17.4 Å². The van der Waals surface area contributed by atoms with Crippen molar-refractivity contribution in [1.82, 2.24) is 5.32 Å². The Labute approximate surface area is 122 Å². The molecule has 1 unspecified atom stereocenters. The molecule has 0 spiro atoms. The molecule has 0 radical (unpaired) electrons. The summed E-state index contributed by atoms with van der Waals surface area (Å²) in [4.78, 5) is 2.65. The van der Waals surface area contributed by atoms with E-state index in [4.69, 9.17) is 11.6 Å². The van der Waals surface area contributed by atoms with E-state index >= 15 is 0 Å². The number of halogens is 1. The minimum Gasteiger partial charge on any atom is -0.305 e. The highest BCUT2D eigenvalue weighted by Gasteiger charge is 2.21. The molecule has 0 aliphatic carbocycles. The fourth-order valence-corrected chi connectivity index (χ4v) is 4.40. The summed E-state index contributed by atoms with van der Waals surface area (Å²) in [5.74, 6) is 0. The van der Waals surface area contributed by atoms with Crippen molar-refractivity contribution in [3.05, 3.63) is 43.2 Å². The lowest BCUT2D eigenvalue weighted by molar-refractivity contribution is 0.610. The van der Waals surface area contributed by atoms with Crippen molar-refractivity contribution in [3.8, 4) is 0 Å². The van der Waals surface area contributed by atoms with Crippen molar-refractivity contribution in [2.24, 2.45) is 0 Å². The van der Waals surface area contributed by atoms with Crippen LogP contribution in [-0.4, -0.2) is 6.54 Å². The van der Waals surface area contributed by atoms with Gasteiger partial charge in [0, 0.05) is 9.75 Å². The molecule has 2 rings (SSSR count). The van der Waals surface area contributed by atoms with Gasteiger partial charge in [0.05, 0.1) is 11.1 Å². The van der Waals surface area contributed by atoms with Crippen LogP contribution in [0.1, 0.15) is 41.6 Å². The monoisotopic (exact) mass is 299 g/mol. The summed E-state index contributed by atoms with van der Waals surface area (Å²) in [5, 5.41) is 8.75. The quantitative estimate of drug-likeness (QED) is 0.781. The van der Waals surface area contributed by atoms with Gasteiger partial charge in [0.2, 0.25) is 0 Å². The third-order valence-electron chi connectivity index (χ3n) is 2.93. The molecule has 98 valence electrons. The van der Waals surface area contributed by atoms with Gasteiger partial charge in [-0.15, -0.1) is 22.7 Å². The summed E-state index contributed by atoms with van der Waals surface area (Å²) in [6, 6.07) is 4.47. The van der Waals surface area contributed by atoms with E-state index in [0.29, 0.717) is 0 Å². The van der Waals surface area contributed by atoms with Gasteiger partial charge in [-0.1, -0.05) is 25.4 Å². The smallest absolute Gasteiger partial charge is 0.0782 e. The van der Waals surface area contributed by atoms with Gasteiger partial charge in [0.1, 0.15) is 0 Å². The summed E-state index contributed by atoms with van der Waals surface area (Å²) in [6.45, 7) is 5.41. The number of rotatable bonds is 6. The predicted molar refractivity (Wildman–Crippen MR) is 83.2 cm³/mol. The van der Waals surface area contributed by atoms with Crippen molar-refractivity contribution < 1.29 is 0 Å². The number of thiophene rings is 2. The molecule has 0 aliphatic heterocycles. The molecule has 0 saturated carbocycles. The Morgan fingerprint density at radius 3 is 2.50 bits per heavy atom. The van der Waals surface area contributed by atoms with Gasteiger partial charge in [-0.05, 0) is 47.8 Å². The lowest BCUT2D eigenvalue weighted by Gasteiger charge is -2.18. The zero-order valence-electron chi connectivity index (χ0n) is 10.7. The lowest BCUT2D eigenvalue weighted by Crippen LogP contribution is -2.22. The van der Waals surface area contributed by atoms with Gasteiger partial charge >= 0.3 is 0 Å². The Kier molecular flexibility index (Phi) is 5.25. The highest BCUT2D eigenvalue weighted by atomic mass is 35.5. The Hall–Kier alpha value is -0.350. The first-order valence-electron chi connectivity index (χ1n) is 6.30. The molecule has 2 aromatic rings. The molecule has 0 fully saturated rings. The number of hydrogen-bond donors (Lipinski definition) is 1. The van der Waals surface area contributed by atoms with E-state index in [-0.39, 0.29) is 6.04 Å². The molecule has 18 heavy (non-hydrogen) atoms. The first kappa shape index (κ1) is 14.1. The number of hydrogen-bond acceptors (Lipinski definition) is 3. The van der Waals surface area contributed by atoms with E-state index in [9.17, 15) is 0 Å². The van der Waals surface area contributed by atoms with Crippen LogP contribution >= 0.6 is 34.3 Å². The maximum absolute atomic E-state index is 6.30. The van der Waals surface area contributed by atoms with Gasteiger partial charge in [0.15, 0.2) is 0 Å². The molecule has 2 heterocycles. The summed E-state index contributed by atoms with van der Waals surface area (Å²) in [6.07, 6.45) is 2.21. The SMILES string of the molecule is CCCNC(c1sccc1Cl)c1sccc1CC. The van der Waals surface area contributed by atoms with Gasteiger partial charge < -0.3 is 5.32 Å². The Morgan fingerprint density at radius 1 is 1.17 bits per heavy atom. The van der Waals surface area contributed by atoms with Crippen molar-refractivity contribution in [1.29, 1.82) is 0 Å². The molecular weight excluding hydrogens is 282 g/mol. The molecule has 2 aromatic heterocycles. The molecular formula is C14H18ClNS2. The second kappa shape index (κ2) is 6.71. The summed E-state index contributed by atoms with van der Waals surface area (Å²) in [7, 11) is 0. The maximum atomic E-state index is 6.30. The fourth-order valence-electron chi connectivity index (χ4n) is 2.00. The Morgan fingerprint density at radius 2 is 1.89 bits per heavy atom. The first-order valence-corrected chi connectivity index (χ1v) is 8.44. The molecule has 0 amide bonds. The van der Waals surface area contributed by atoms with Crippen molar-refractivity contribution in [2.75, 3.05) is 6.54 Å². The van der Waals surface area contributed by atoms with Crippen LogP contribution < -0.4 is 5.32 Å². The molecule has 0 aromatic carbocycles. The highest BCUT2D eigenvalue weighted by molar-refractivity contribution is 7.12. The average Bonchev–Trinajstić information content (AvgIpc) is 2.99. The van der Waals surface area contributed by atoms with Crippen LogP contribution in [0.25, 0.3) is 0 Å². The number of aryl methyl sites for hydroxylation is 1. The van der Waals surface area contributed by atoms with Crippen LogP contribution in [0.4, 0.5) is 0 Å². The van der Waals surface area contributed by atoms with Crippen molar-refractivity contribution in [3.63, 3.8) is 0 Å². The maximum Gasteiger partial charge on any atom is 0.0782 e. The molecule has 0 saturated heterocycles. The largest absolute Gasteiger partial charge is 0.305 e. The van der Waals surface area contributed by atoms with Gasteiger partial charge in [0.25, 0.3) is 0 Å². The predicted octanol–water partition coefficient (Wildman–Crippen LogP) is 5.11. The Bertz CT molecular complexity index is 489. The summed E-state index contributed by atoms with van der Waals surface area (Å²) < 4.78 is 0. The fraction of sp³-hybridized carbons (Fsp3) is 0.429. The number of nitrogens with one attached hydrogen (secondary N) is 1. The topological polar surface area (TPSA) is 12.0 Å². The third-order valence-corrected chi connectivity index (χ3v) is 5.38. The molecule has 0 aliphatic rings. The normalized spacial score (nSPS) is 12.8. The van der Waals surface area contributed by atoms with E-state index in [0.717, 1.165) is 24.4 Å². The molecule has 4 heteroatoms. The van der Waals surface area contributed by atoms with E-state index < -0.39 is 0 Å². The van der Waals surface area contributed by atoms with Crippen molar-refractivity contribution >= 4 is 34.3 Å². The van der Waals surface area contributed by atoms with Crippen LogP contribution in [0.15, 0.2) is 22.9 Å². The van der Waals surface area contributed by atoms with Gasteiger partial charge in [-0.25, -0.2) is 0 Å². The van der Waals surface area contributed by atoms with Crippen LogP contribution in [0.2, 0.25) is 5.02 Å². The lowest BCUT2D eigenvalue weighted by atomic mass is 10.1. The van der Waals surface area contributed by atoms with Crippen molar-refractivity contribution in [2.45, 2.75) is 32.7 Å². The van der Waals surface area contributed by atoms with Crippen LogP contribution in [-0.2, 0) is 6.42 Å². The summed E-state index contributed by atoms with van der Waals surface area (Å²) in [5.41, 5.74) is 1.43. The van der Waals surface area contributed by atoms with E-state index in [1.54, 1.807) is 11.3 Å². The van der Waals surface area contributed by atoms with Gasteiger partial charge in [-0.3, -0.25) is 0 Å². The molecule has 0 bridgehead atoms. The van der Waals surface area contributed by atoms with E-state index in [1.165, 1.54) is 15.3 Å². The van der Waals surface area contributed by atoms with Crippen LogP contribution in [0.3, 0.4) is 0 Å². The minimum absolute atomic E-state index is 0.257. The average molecular weight is 300 g/mol. The third kappa shape index (κ3) is 2.97. The highest BCUT2D eigenvalue weighted by Crippen LogP contribution is 2.36.